The molecule has 18 heavy (non-hydrogen) atoms. The zero-order valence-electron chi connectivity index (χ0n) is 10.3. The molecule has 0 saturated carbocycles. The second-order valence-corrected chi connectivity index (χ2v) is 5.12. The molecule has 1 aliphatic rings. The number of carbonyl (C=O) groups excluding carboxylic acids is 1. The van der Waals surface area contributed by atoms with E-state index in [-0.39, 0.29) is 5.91 Å². The summed E-state index contributed by atoms with van der Waals surface area (Å²) in [4.78, 5) is 13.8. The van der Waals surface area contributed by atoms with Gasteiger partial charge in [-0.25, -0.2) is 0 Å². The Hall–Kier alpha value is -1.73. The van der Waals surface area contributed by atoms with Crippen LogP contribution in [0.25, 0.3) is 0 Å². The van der Waals surface area contributed by atoms with Gasteiger partial charge in [-0.05, 0) is 26.0 Å². The molecule has 2 rings (SSSR count). The highest BCUT2D eigenvalue weighted by Crippen LogP contribution is 2.32. The molecule has 1 N–H and O–H groups in total. The Bertz CT molecular complexity index is 534. The fourth-order valence-corrected chi connectivity index (χ4v) is 2.38. The maximum Gasteiger partial charge on any atom is 0.245 e. The number of carbonyl (C=O) groups is 1. The molecule has 0 bridgehead atoms. The normalized spacial score (nSPS) is 18.1. The van der Waals surface area contributed by atoms with Crippen molar-refractivity contribution < 1.29 is 4.79 Å². The number of benzene rings is 1. The summed E-state index contributed by atoms with van der Waals surface area (Å²) >= 11 is 6.03. The first-order valence-electron chi connectivity index (χ1n) is 5.73. The zero-order chi connectivity index (χ0) is 13.3. The summed E-state index contributed by atoms with van der Waals surface area (Å²) in [5, 5.41) is 12.4. The van der Waals surface area contributed by atoms with E-state index < -0.39 is 5.54 Å². The van der Waals surface area contributed by atoms with Crippen LogP contribution in [-0.2, 0) is 4.79 Å². The quantitative estimate of drug-likeness (QED) is 0.842. The topological polar surface area (TPSA) is 56.1 Å². The smallest absolute Gasteiger partial charge is 0.245 e. The van der Waals surface area contributed by atoms with E-state index in [1.165, 1.54) is 0 Å². The van der Waals surface area contributed by atoms with Crippen LogP contribution in [0.2, 0.25) is 5.02 Å². The molecule has 1 amide bonds. The molecule has 0 unspecified atom stereocenters. The van der Waals surface area contributed by atoms with E-state index >= 15 is 0 Å². The van der Waals surface area contributed by atoms with Crippen LogP contribution in [0, 0.1) is 11.3 Å². The Kier molecular flexibility index (Phi) is 3.18. The van der Waals surface area contributed by atoms with Crippen LogP contribution in [0.5, 0.6) is 0 Å². The molecule has 1 saturated heterocycles. The molecular formula is C13H14ClN3O. The summed E-state index contributed by atoms with van der Waals surface area (Å²) < 4.78 is 0. The van der Waals surface area contributed by atoms with E-state index in [0.29, 0.717) is 29.4 Å². The van der Waals surface area contributed by atoms with Crippen LogP contribution in [-0.4, -0.2) is 24.5 Å². The van der Waals surface area contributed by atoms with Crippen molar-refractivity contribution in [2.45, 2.75) is 19.4 Å². The second kappa shape index (κ2) is 4.51. The van der Waals surface area contributed by atoms with E-state index in [4.69, 9.17) is 11.6 Å². The molecule has 0 aromatic heterocycles. The van der Waals surface area contributed by atoms with Crippen molar-refractivity contribution in [2.75, 3.05) is 18.0 Å². The zero-order valence-corrected chi connectivity index (χ0v) is 11.1. The first-order chi connectivity index (χ1) is 8.48. The maximum atomic E-state index is 11.9. The van der Waals surface area contributed by atoms with E-state index in [1.807, 2.05) is 24.8 Å². The van der Waals surface area contributed by atoms with E-state index in [1.54, 1.807) is 12.1 Å². The molecular weight excluding hydrogens is 250 g/mol. The third kappa shape index (κ3) is 1.91. The fourth-order valence-electron chi connectivity index (χ4n) is 2.17. The molecule has 5 heteroatoms. The predicted molar refractivity (Wildman–Crippen MR) is 70.6 cm³/mol. The number of amides is 1. The van der Waals surface area contributed by atoms with Crippen LogP contribution in [0.1, 0.15) is 19.4 Å². The number of hydrogen-bond acceptors (Lipinski definition) is 3. The third-order valence-corrected chi connectivity index (χ3v) is 3.56. The predicted octanol–water partition coefficient (Wildman–Crippen LogP) is 1.93. The molecule has 0 atom stereocenters. The molecule has 1 aromatic rings. The SMILES string of the molecule is CC1(C)C(=O)NCCN1c1cccc(Cl)c1C#N. The van der Waals surface area contributed by atoms with Gasteiger partial charge in [0.25, 0.3) is 0 Å². The van der Waals surface area contributed by atoms with Crippen LogP contribution < -0.4 is 10.2 Å². The van der Waals surface area contributed by atoms with Crippen molar-refractivity contribution in [3.63, 3.8) is 0 Å². The molecule has 4 nitrogen and oxygen atoms in total. The van der Waals surface area contributed by atoms with Gasteiger partial charge in [-0.3, -0.25) is 4.79 Å². The van der Waals surface area contributed by atoms with Crippen LogP contribution >= 0.6 is 11.6 Å². The molecule has 1 heterocycles. The molecule has 0 radical (unpaired) electrons. The van der Waals surface area contributed by atoms with Gasteiger partial charge >= 0.3 is 0 Å². The van der Waals surface area contributed by atoms with Crippen molar-refractivity contribution in [3.8, 4) is 6.07 Å². The number of anilines is 1. The van der Waals surface area contributed by atoms with E-state index in [0.717, 1.165) is 0 Å². The Morgan fingerprint density at radius 3 is 2.89 bits per heavy atom. The van der Waals surface area contributed by atoms with Gasteiger partial charge in [0, 0.05) is 13.1 Å². The number of nitrogens with zero attached hydrogens (tertiary/aromatic N) is 2. The summed E-state index contributed by atoms with van der Waals surface area (Å²) in [5.74, 6) is -0.0439. The molecule has 0 aliphatic carbocycles. The van der Waals surface area contributed by atoms with Crippen molar-refractivity contribution in [1.29, 1.82) is 5.26 Å². The van der Waals surface area contributed by atoms with Crippen molar-refractivity contribution >= 4 is 23.2 Å². The van der Waals surface area contributed by atoms with Gasteiger partial charge in [0.1, 0.15) is 11.6 Å². The molecule has 1 fully saturated rings. The highest BCUT2D eigenvalue weighted by Gasteiger charge is 2.38. The van der Waals surface area contributed by atoms with E-state index in [9.17, 15) is 10.1 Å². The van der Waals surface area contributed by atoms with Crippen LogP contribution in [0.4, 0.5) is 5.69 Å². The van der Waals surface area contributed by atoms with Crippen molar-refractivity contribution in [3.05, 3.63) is 28.8 Å². The van der Waals surface area contributed by atoms with Crippen LogP contribution in [0.3, 0.4) is 0 Å². The lowest BCUT2D eigenvalue weighted by Crippen LogP contribution is -2.62. The molecule has 0 spiro atoms. The third-order valence-electron chi connectivity index (χ3n) is 3.25. The lowest BCUT2D eigenvalue weighted by Gasteiger charge is -2.43. The average molecular weight is 264 g/mol. The first kappa shape index (κ1) is 12.7. The van der Waals surface area contributed by atoms with Gasteiger partial charge in [0.05, 0.1) is 16.3 Å². The molecule has 1 aromatic carbocycles. The fraction of sp³-hybridized carbons (Fsp3) is 0.385. The van der Waals surface area contributed by atoms with Gasteiger partial charge < -0.3 is 10.2 Å². The van der Waals surface area contributed by atoms with Gasteiger partial charge in [0.2, 0.25) is 5.91 Å². The molecule has 1 aliphatic heterocycles. The number of nitrogens with one attached hydrogen (secondary N) is 1. The number of rotatable bonds is 1. The summed E-state index contributed by atoms with van der Waals surface area (Å²) in [7, 11) is 0. The van der Waals surface area contributed by atoms with Gasteiger partial charge in [-0.1, -0.05) is 17.7 Å². The van der Waals surface area contributed by atoms with Gasteiger partial charge in [-0.2, -0.15) is 5.26 Å². The lowest BCUT2D eigenvalue weighted by atomic mass is 9.97. The Balaban J connectivity index is 2.52. The minimum absolute atomic E-state index is 0.0439. The summed E-state index contributed by atoms with van der Waals surface area (Å²) in [5.41, 5.74) is 0.445. The minimum Gasteiger partial charge on any atom is -0.355 e. The minimum atomic E-state index is -0.686. The van der Waals surface area contributed by atoms with Gasteiger partial charge in [0.15, 0.2) is 0 Å². The maximum absolute atomic E-state index is 11.9. The van der Waals surface area contributed by atoms with Crippen molar-refractivity contribution in [1.82, 2.24) is 5.32 Å². The Morgan fingerprint density at radius 1 is 1.50 bits per heavy atom. The van der Waals surface area contributed by atoms with E-state index in [2.05, 4.69) is 11.4 Å². The number of nitriles is 1. The largest absolute Gasteiger partial charge is 0.355 e. The monoisotopic (exact) mass is 263 g/mol. The first-order valence-corrected chi connectivity index (χ1v) is 6.11. The summed E-state index contributed by atoms with van der Waals surface area (Å²) in [6.07, 6.45) is 0. The van der Waals surface area contributed by atoms with Crippen LogP contribution in [0.15, 0.2) is 18.2 Å². The number of halogens is 1. The standard InChI is InChI=1S/C13H14ClN3O/c1-13(2)12(18)16-6-7-17(13)11-5-3-4-10(14)9(11)8-15/h3-5H,6-7H2,1-2H3,(H,16,18). The molecule has 94 valence electrons. The van der Waals surface area contributed by atoms with Gasteiger partial charge in [-0.15, -0.1) is 0 Å². The highest BCUT2D eigenvalue weighted by atomic mass is 35.5. The number of piperazine rings is 1. The summed E-state index contributed by atoms with van der Waals surface area (Å²) in [6.45, 7) is 4.90. The lowest BCUT2D eigenvalue weighted by molar-refractivity contribution is -0.126. The summed E-state index contributed by atoms with van der Waals surface area (Å²) in [6, 6.07) is 7.41. The number of hydrogen-bond donors (Lipinski definition) is 1. The average Bonchev–Trinajstić information content (AvgIpc) is 2.32. The van der Waals surface area contributed by atoms with Crippen molar-refractivity contribution in [2.24, 2.45) is 0 Å². The Morgan fingerprint density at radius 2 is 2.22 bits per heavy atom. The Labute approximate surface area is 111 Å². The highest BCUT2D eigenvalue weighted by molar-refractivity contribution is 6.32. The second-order valence-electron chi connectivity index (χ2n) is 4.71.